The largest absolute Gasteiger partial charge is 0.309 e. The number of hydrogen-bond acceptors (Lipinski definition) is 0. The number of benzene rings is 11. The molecule has 1 aliphatic carbocycles. The van der Waals surface area contributed by atoms with Gasteiger partial charge < -0.3 is 9.13 Å². The zero-order chi connectivity index (χ0) is 45.5. The van der Waals surface area contributed by atoms with Gasteiger partial charge in [0.25, 0.3) is 0 Å². The van der Waals surface area contributed by atoms with Gasteiger partial charge in [0.2, 0.25) is 0 Å². The molecule has 0 unspecified atom stereocenters. The Kier molecular flexibility index (Phi) is 8.84. The highest BCUT2D eigenvalue weighted by Crippen LogP contribution is 2.57. The summed E-state index contributed by atoms with van der Waals surface area (Å²) in [5.41, 5.74) is 21.4. The van der Waals surface area contributed by atoms with Crippen LogP contribution in [0.2, 0.25) is 0 Å². The summed E-state index contributed by atoms with van der Waals surface area (Å²) in [6.45, 7) is 0. The van der Waals surface area contributed by atoms with E-state index >= 15 is 0 Å². The van der Waals surface area contributed by atoms with Crippen LogP contribution in [0, 0.1) is 0 Å². The van der Waals surface area contributed by atoms with Gasteiger partial charge in [0.05, 0.1) is 27.5 Å². The lowest BCUT2D eigenvalue weighted by Crippen LogP contribution is -2.28. The molecule has 0 aliphatic heterocycles. The van der Waals surface area contributed by atoms with E-state index in [0.29, 0.717) is 0 Å². The first-order valence-electron chi connectivity index (χ1n) is 23.9. The highest BCUT2D eigenvalue weighted by atomic mass is 15.0. The van der Waals surface area contributed by atoms with E-state index in [1.807, 2.05) is 0 Å². The Balaban J connectivity index is 1.00. The number of rotatable bonds is 7. The molecule has 0 saturated carbocycles. The average molecular weight is 877 g/mol. The normalized spacial score (nSPS) is 12.8. The van der Waals surface area contributed by atoms with Gasteiger partial charge in [-0.05, 0) is 133 Å². The first kappa shape index (κ1) is 39.2. The molecule has 2 heteroatoms. The standard InChI is InChI=1S/C67H44N2/c1-5-18-45(19-6-1)47-32-36-53(37-33-47)68-63-31-16-14-29-56(63)58-41-49(34-38-64(58)68)50-35-39-65-59(42-50)60-43-62-57(44-66(60)69(65)54-27-17-22-48(40-54)46-20-7-2-8-21-46)55-28-13-15-30-61(55)67(62,51-23-9-3-10-24-51)52-25-11-4-12-26-52/h1-44H. The van der Waals surface area contributed by atoms with Crippen molar-refractivity contribution >= 4 is 43.6 Å². The van der Waals surface area contributed by atoms with Gasteiger partial charge in [-0.3, -0.25) is 0 Å². The first-order valence-corrected chi connectivity index (χ1v) is 23.9. The highest BCUT2D eigenvalue weighted by molar-refractivity contribution is 6.14. The minimum absolute atomic E-state index is 0.511. The molecule has 2 aromatic heterocycles. The lowest BCUT2D eigenvalue weighted by atomic mass is 9.67. The fourth-order valence-corrected chi connectivity index (χ4v) is 11.7. The molecule has 0 amide bonds. The third-order valence-corrected chi connectivity index (χ3v) is 14.8. The molecule has 2 nitrogen and oxygen atoms in total. The predicted molar refractivity (Wildman–Crippen MR) is 289 cm³/mol. The third kappa shape index (κ3) is 5.99. The van der Waals surface area contributed by atoms with E-state index in [1.54, 1.807) is 0 Å². The molecule has 322 valence electrons. The zero-order valence-electron chi connectivity index (χ0n) is 37.8. The molecule has 14 rings (SSSR count). The molecule has 11 aromatic carbocycles. The van der Waals surface area contributed by atoms with Gasteiger partial charge in [-0.15, -0.1) is 0 Å². The van der Waals surface area contributed by atoms with Gasteiger partial charge in [0.15, 0.2) is 0 Å². The Morgan fingerprint density at radius 3 is 1.36 bits per heavy atom. The van der Waals surface area contributed by atoms with Crippen molar-refractivity contribution in [2.45, 2.75) is 5.41 Å². The number of hydrogen-bond donors (Lipinski definition) is 0. The summed E-state index contributed by atoms with van der Waals surface area (Å²) < 4.78 is 4.91. The van der Waals surface area contributed by atoms with Crippen LogP contribution < -0.4 is 0 Å². The third-order valence-electron chi connectivity index (χ3n) is 14.8. The average Bonchev–Trinajstić information content (AvgIpc) is 4.04. The van der Waals surface area contributed by atoms with Gasteiger partial charge in [0.1, 0.15) is 0 Å². The summed E-state index contributed by atoms with van der Waals surface area (Å²) in [4.78, 5) is 0. The summed E-state index contributed by atoms with van der Waals surface area (Å²) in [6, 6.07) is 98.6. The molecule has 0 saturated heterocycles. The van der Waals surface area contributed by atoms with E-state index in [-0.39, 0.29) is 0 Å². The SMILES string of the molecule is c1ccc(-c2ccc(-n3c4ccccc4c4cc(-c5ccc6c(c5)c5cc7c(cc5n6-c5cccc(-c6ccccc6)c5)-c5ccccc5C7(c5ccccc5)c5ccccc5)ccc43)cc2)cc1. The highest BCUT2D eigenvalue weighted by Gasteiger charge is 2.46. The molecule has 0 bridgehead atoms. The number of aromatic nitrogens is 2. The molecule has 69 heavy (non-hydrogen) atoms. The summed E-state index contributed by atoms with van der Waals surface area (Å²) in [5.74, 6) is 0. The van der Waals surface area contributed by atoms with Crippen molar-refractivity contribution < 1.29 is 0 Å². The molecule has 0 radical (unpaired) electrons. The van der Waals surface area contributed by atoms with Crippen molar-refractivity contribution in [2.24, 2.45) is 0 Å². The van der Waals surface area contributed by atoms with E-state index in [9.17, 15) is 0 Å². The number of fused-ring (bicyclic) bond motifs is 9. The van der Waals surface area contributed by atoms with E-state index in [2.05, 4.69) is 276 Å². The van der Waals surface area contributed by atoms with Crippen LogP contribution in [0.3, 0.4) is 0 Å². The van der Waals surface area contributed by atoms with Crippen molar-refractivity contribution in [3.63, 3.8) is 0 Å². The summed E-state index contributed by atoms with van der Waals surface area (Å²) in [7, 11) is 0. The zero-order valence-corrected chi connectivity index (χ0v) is 37.8. The van der Waals surface area contributed by atoms with Crippen LogP contribution >= 0.6 is 0 Å². The summed E-state index contributed by atoms with van der Waals surface area (Å²) in [5, 5.41) is 4.94. The maximum atomic E-state index is 2.54. The number of nitrogens with zero attached hydrogens (tertiary/aromatic N) is 2. The maximum Gasteiger partial charge on any atom is 0.0713 e. The van der Waals surface area contributed by atoms with Gasteiger partial charge >= 0.3 is 0 Å². The lowest BCUT2D eigenvalue weighted by Gasteiger charge is -2.34. The van der Waals surface area contributed by atoms with Crippen LogP contribution in [0.4, 0.5) is 0 Å². The first-order chi connectivity index (χ1) is 34.2. The van der Waals surface area contributed by atoms with Crippen molar-refractivity contribution in [3.8, 4) is 55.9 Å². The monoisotopic (exact) mass is 876 g/mol. The quantitative estimate of drug-likeness (QED) is 0.151. The smallest absolute Gasteiger partial charge is 0.0713 e. The van der Waals surface area contributed by atoms with Crippen molar-refractivity contribution in [1.29, 1.82) is 0 Å². The van der Waals surface area contributed by atoms with E-state index in [4.69, 9.17) is 0 Å². The van der Waals surface area contributed by atoms with Crippen molar-refractivity contribution in [2.75, 3.05) is 0 Å². The Labute approximate surface area is 401 Å². The fourth-order valence-electron chi connectivity index (χ4n) is 11.7. The molecule has 0 spiro atoms. The van der Waals surface area contributed by atoms with Crippen molar-refractivity contribution in [1.82, 2.24) is 9.13 Å². The Morgan fingerprint density at radius 2 is 0.696 bits per heavy atom. The Bertz CT molecular complexity index is 4050. The minimum atomic E-state index is -0.511. The maximum absolute atomic E-state index is 2.54. The van der Waals surface area contributed by atoms with E-state index in [1.165, 1.54) is 110 Å². The predicted octanol–water partition coefficient (Wildman–Crippen LogP) is 17.2. The van der Waals surface area contributed by atoms with Crippen molar-refractivity contribution in [3.05, 3.63) is 289 Å². The van der Waals surface area contributed by atoms with Crippen LogP contribution in [-0.4, -0.2) is 9.13 Å². The second-order valence-electron chi connectivity index (χ2n) is 18.4. The van der Waals surface area contributed by atoms with E-state index in [0.717, 1.165) is 11.4 Å². The molecule has 0 atom stereocenters. The van der Waals surface area contributed by atoms with Crippen LogP contribution in [0.15, 0.2) is 267 Å². The fraction of sp³-hybridized carbons (Fsp3) is 0.0149. The molecule has 2 heterocycles. The molecule has 0 fully saturated rings. The second-order valence-corrected chi connectivity index (χ2v) is 18.4. The van der Waals surface area contributed by atoms with Crippen LogP contribution in [-0.2, 0) is 5.41 Å². The second kappa shape index (κ2) is 15.6. The summed E-state index contributed by atoms with van der Waals surface area (Å²) in [6.07, 6.45) is 0. The van der Waals surface area contributed by atoms with Crippen LogP contribution in [0.25, 0.3) is 99.5 Å². The molecule has 0 N–H and O–H groups in total. The van der Waals surface area contributed by atoms with Gasteiger partial charge in [-0.25, -0.2) is 0 Å². The lowest BCUT2D eigenvalue weighted by molar-refractivity contribution is 0.769. The topological polar surface area (TPSA) is 9.86 Å². The minimum Gasteiger partial charge on any atom is -0.309 e. The molecule has 1 aliphatic rings. The van der Waals surface area contributed by atoms with E-state index < -0.39 is 5.41 Å². The molecule has 13 aromatic rings. The van der Waals surface area contributed by atoms with Gasteiger partial charge in [-0.1, -0.05) is 200 Å². The van der Waals surface area contributed by atoms with Crippen LogP contribution in [0.5, 0.6) is 0 Å². The molecular formula is C67H44N2. The number of para-hydroxylation sites is 1. The van der Waals surface area contributed by atoms with Gasteiger partial charge in [0, 0.05) is 32.9 Å². The van der Waals surface area contributed by atoms with Crippen LogP contribution in [0.1, 0.15) is 22.3 Å². The Morgan fingerprint density at radius 1 is 0.232 bits per heavy atom. The summed E-state index contributed by atoms with van der Waals surface area (Å²) >= 11 is 0. The molecular weight excluding hydrogens is 833 g/mol. The Hall–Kier alpha value is -8.98. The van der Waals surface area contributed by atoms with Gasteiger partial charge in [-0.2, -0.15) is 0 Å².